The molecule has 3 heteroatoms. The SMILES string of the molecule is O=C(O)[C@@H]1CN1Cc1ccccc1. The number of rotatable bonds is 3. The number of carboxylic acids is 1. The smallest absolute Gasteiger partial charge is 0.322 e. The van der Waals surface area contributed by atoms with E-state index in [1.807, 2.05) is 35.2 Å². The number of hydrogen-bond donors (Lipinski definition) is 1. The molecule has 0 aliphatic carbocycles. The van der Waals surface area contributed by atoms with Crippen LogP contribution in [-0.4, -0.2) is 28.6 Å². The first-order valence-electron chi connectivity index (χ1n) is 4.28. The largest absolute Gasteiger partial charge is 0.480 e. The number of carbonyl (C=O) groups is 1. The molecule has 0 bridgehead atoms. The van der Waals surface area contributed by atoms with Crippen molar-refractivity contribution >= 4 is 5.97 Å². The lowest BCUT2D eigenvalue weighted by atomic mass is 10.2. The molecule has 68 valence electrons. The van der Waals surface area contributed by atoms with Gasteiger partial charge < -0.3 is 5.11 Å². The molecule has 1 aromatic rings. The predicted octanol–water partition coefficient (Wildman–Crippen LogP) is 0.955. The maximum Gasteiger partial charge on any atom is 0.322 e. The third-order valence-electron chi connectivity index (χ3n) is 2.23. The topological polar surface area (TPSA) is 40.3 Å². The second-order valence-corrected chi connectivity index (χ2v) is 3.27. The molecule has 1 fully saturated rings. The van der Waals surface area contributed by atoms with E-state index in [1.54, 1.807) is 0 Å². The minimum Gasteiger partial charge on any atom is -0.480 e. The lowest BCUT2D eigenvalue weighted by Crippen LogP contribution is -2.11. The fourth-order valence-corrected chi connectivity index (χ4v) is 1.40. The van der Waals surface area contributed by atoms with Gasteiger partial charge in [-0.1, -0.05) is 30.3 Å². The van der Waals surface area contributed by atoms with Crippen molar-refractivity contribution in [3.05, 3.63) is 35.9 Å². The van der Waals surface area contributed by atoms with E-state index in [4.69, 9.17) is 5.11 Å². The van der Waals surface area contributed by atoms with E-state index in [0.29, 0.717) is 6.54 Å². The molecule has 3 nitrogen and oxygen atoms in total. The Morgan fingerprint density at radius 2 is 2.15 bits per heavy atom. The van der Waals surface area contributed by atoms with Crippen LogP contribution >= 0.6 is 0 Å². The van der Waals surface area contributed by atoms with Gasteiger partial charge in [0.2, 0.25) is 0 Å². The second kappa shape index (κ2) is 3.18. The van der Waals surface area contributed by atoms with Crippen LogP contribution in [0.2, 0.25) is 0 Å². The quantitative estimate of drug-likeness (QED) is 0.699. The molecule has 1 aliphatic rings. The number of aliphatic carboxylic acids is 1. The van der Waals surface area contributed by atoms with Crippen LogP contribution in [0, 0.1) is 0 Å². The Kier molecular flexibility index (Phi) is 2.02. The van der Waals surface area contributed by atoms with Crippen molar-refractivity contribution in [2.24, 2.45) is 0 Å². The summed E-state index contributed by atoms with van der Waals surface area (Å²) in [6.45, 7) is 1.43. The van der Waals surface area contributed by atoms with Gasteiger partial charge in [0.25, 0.3) is 0 Å². The summed E-state index contributed by atoms with van der Waals surface area (Å²) >= 11 is 0. The third kappa shape index (κ3) is 1.87. The van der Waals surface area contributed by atoms with Crippen LogP contribution in [0.15, 0.2) is 30.3 Å². The Balaban J connectivity index is 1.92. The van der Waals surface area contributed by atoms with Gasteiger partial charge in [0.1, 0.15) is 6.04 Å². The molecule has 0 aromatic heterocycles. The fraction of sp³-hybridized carbons (Fsp3) is 0.300. The monoisotopic (exact) mass is 177 g/mol. The molecule has 0 radical (unpaired) electrons. The van der Waals surface area contributed by atoms with Crippen molar-refractivity contribution in [3.63, 3.8) is 0 Å². The summed E-state index contributed by atoms with van der Waals surface area (Å²) in [6, 6.07) is 9.66. The Morgan fingerprint density at radius 3 is 2.69 bits per heavy atom. The number of carboxylic acid groups (broad SMARTS) is 1. The zero-order chi connectivity index (χ0) is 9.26. The van der Waals surface area contributed by atoms with Crippen LogP contribution < -0.4 is 0 Å². The van der Waals surface area contributed by atoms with Crippen LogP contribution in [0.4, 0.5) is 0 Å². The van der Waals surface area contributed by atoms with E-state index in [2.05, 4.69) is 0 Å². The number of benzene rings is 1. The Bertz CT molecular complexity index is 310. The lowest BCUT2D eigenvalue weighted by Gasteiger charge is -2.00. The van der Waals surface area contributed by atoms with Crippen LogP contribution in [0.5, 0.6) is 0 Å². The number of nitrogens with zero attached hydrogens (tertiary/aromatic N) is 1. The molecule has 2 atom stereocenters. The van der Waals surface area contributed by atoms with Gasteiger partial charge in [0.15, 0.2) is 0 Å². The van der Waals surface area contributed by atoms with Gasteiger partial charge >= 0.3 is 5.97 Å². The van der Waals surface area contributed by atoms with E-state index in [-0.39, 0.29) is 6.04 Å². The minimum absolute atomic E-state index is 0.250. The highest BCUT2D eigenvalue weighted by atomic mass is 16.4. The molecular weight excluding hydrogens is 166 g/mol. The summed E-state index contributed by atoms with van der Waals surface area (Å²) in [7, 11) is 0. The molecule has 2 rings (SSSR count). The molecule has 0 saturated carbocycles. The van der Waals surface area contributed by atoms with Gasteiger partial charge in [0.05, 0.1) is 0 Å². The van der Waals surface area contributed by atoms with Gasteiger partial charge in [-0.05, 0) is 5.56 Å². The zero-order valence-corrected chi connectivity index (χ0v) is 7.18. The van der Waals surface area contributed by atoms with Gasteiger partial charge in [0, 0.05) is 13.1 Å². The fourth-order valence-electron chi connectivity index (χ4n) is 1.40. The van der Waals surface area contributed by atoms with Crippen molar-refractivity contribution in [3.8, 4) is 0 Å². The molecule has 1 aromatic carbocycles. The molecule has 1 saturated heterocycles. The highest BCUT2D eigenvalue weighted by molar-refractivity contribution is 5.76. The summed E-state index contributed by atoms with van der Waals surface area (Å²) in [5.41, 5.74) is 1.17. The summed E-state index contributed by atoms with van der Waals surface area (Å²) in [6.07, 6.45) is 0. The first kappa shape index (κ1) is 8.26. The standard InChI is InChI=1S/C10H11NO2/c12-10(13)9-7-11(9)6-8-4-2-1-3-5-8/h1-5,9H,6-7H2,(H,12,13)/t9-,11?/m0/s1. The minimum atomic E-state index is -0.712. The Morgan fingerprint density at radius 1 is 1.46 bits per heavy atom. The van der Waals surface area contributed by atoms with Gasteiger partial charge in [-0.15, -0.1) is 0 Å². The van der Waals surface area contributed by atoms with Gasteiger partial charge in [-0.3, -0.25) is 9.69 Å². The van der Waals surface area contributed by atoms with Gasteiger partial charge in [-0.25, -0.2) is 0 Å². The van der Waals surface area contributed by atoms with E-state index >= 15 is 0 Å². The first-order chi connectivity index (χ1) is 6.27. The van der Waals surface area contributed by atoms with Gasteiger partial charge in [-0.2, -0.15) is 0 Å². The summed E-state index contributed by atoms with van der Waals surface area (Å²) in [4.78, 5) is 12.4. The first-order valence-corrected chi connectivity index (χ1v) is 4.28. The van der Waals surface area contributed by atoms with E-state index in [9.17, 15) is 4.79 Å². The highest BCUT2D eigenvalue weighted by Gasteiger charge is 2.39. The molecule has 1 aliphatic heterocycles. The van der Waals surface area contributed by atoms with Crippen molar-refractivity contribution in [1.82, 2.24) is 4.90 Å². The second-order valence-electron chi connectivity index (χ2n) is 3.27. The zero-order valence-electron chi connectivity index (χ0n) is 7.18. The molecular formula is C10H11NO2. The maximum atomic E-state index is 10.5. The predicted molar refractivity (Wildman–Crippen MR) is 48.3 cm³/mol. The lowest BCUT2D eigenvalue weighted by molar-refractivity contribution is -0.137. The summed E-state index contributed by atoms with van der Waals surface area (Å²) in [5.74, 6) is -0.712. The van der Waals surface area contributed by atoms with Crippen molar-refractivity contribution in [1.29, 1.82) is 0 Å². The van der Waals surface area contributed by atoms with E-state index < -0.39 is 5.97 Å². The van der Waals surface area contributed by atoms with Crippen molar-refractivity contribution in [2.75, 3.05) is 6.54 Å². The summed E-state index contributed by atoms with van der Waals surface area (Å²) < 4.78 is 0. The maximum absolute atomic E-state index is 10.5. The molecule has 1 unspecified atom stereocenters. The third-order valence-corrected chi connectivity index (χ3v) is 2.23. The highest BCUT2D eigenvalue weighted by Crippen LogP contribution is 2.20. The summed E-state index contributed by atoms with van der Waals surface area (Å²) in [5, 5.41) is 8.66. The van der Waals surface area contributed by atoms with E-state index in [1.165, 1.54) is 5.56 Å². The van der Waals surface area contributed by atoms with Crippen molar-refractivity contribution in [2.45, 2.75) is 12.6 Å². The Hall–Kier alpha value is -1.35. The number of hydrogen-bond acceptors (Lipinski definition) is 2. The van der Waals surface area contributed by atoms with Crippen LogP contribution in [0.3, 0.4) is 0 Å². The molecule has 13 heavy (non-hydrogen) atoms. The molecule has 1 heterocycles. The average Bonchev–Trinajstić information content (AvgIpc) is 2.86. The Labute approximate surface area is 76.6 Å². The van der Waals surface area contributed by atoms with E-state index in [0.717, 1.165) is 6.54 Å². The molecule has 0 amide bonds. The molecule has 1 N–H and O–H groups in total. The normalized spacial score (nSPS) is 25.5. The van der Waals surface area contributed by atoms with Crippen LogP contribution in [0.25, 0.3) is 0 Å². The van der Waals surface area contributed by atoms with Crippen LogP contribution in [0.1, 0.15) is 5.56 Å². The van der Waals surface area contributed by atoms with Crippen molar-refractivity contribution < 1.29 is 9.90 Å². The molecule has 0 spiro atoms. The average molecular weight is 177 g/mol. The van der Waals surface area contributed by atoms with Crippen LogP contribution in [-0.2, 0) is 11.3 Å².